The van der Waals surface area contributed by atoms with E-state index in [1.54, 1.807) is 0 Å². The van der Waals surface area contributed by atoms with Crippen LogP contribution in [0.15, 0.2) is 36.4 Å². The molecule has 1 aromatic rings. The summed E-state index contributed by atoms with van der Waals surface area (Å²) in [6.07, 6.45) is 12.0. The van der Waals surface area contributed by atoms with Crippen LogP contribution in [-0.2, 0) is 0 Å². The summed E-state index contributed by atoms with van der Waals surface area (Å²) in [4.78, 5) is 2.64. The van der Waals surface area contributed by atoms with E-state index in [0.717, 1.165) is 16.9 Å². The Hall–Kier alpha value is -1.21. The van der Waals surface area contributed by atoms with Crippen LogP contribution in [0.3, 0.4) is 0 Å². The van der Waals surface area contributed by atoms with Crippen molar-refractivity contribution in [1.29, 1.82) is 0 Å². The summed E-state index contributed by atoms with van der Waals surface area (Å²) >= 11 is 6.59. The lowest BCUT2D eigenvalue weighted by Crippen LogP contribution is -2.43. The van der Waals surface area contributed by atoms with Crippen LogP contribution in [0.1, 0.15) is 35.8 Å². The van der Waals surface area contributed by atoms with Gasteiger partial charge in [-0.1, -0.05) is 42.0 Å². The summed E-state index contributed by atoms with van der Waals surface area (Å²) in [6, 6.07) is 4.41. The molecule has 5 rings (SSSR count). The topological polar surface area (TPSA) is 3.24 Å². The maximum Gasteiger partial charge on any atom is 0.0465 e. The van der Waals surface area contributed by atoms with Crippen LogP contribution in [0.5, 0.6) is 0 Å². The number of hydrogen-bond donors (Lipinski definition) is 0. The van der Waals surface area contributed by atoms with Crippen LogP contribution < -0.4 is 4.90 Å². The minimum absolute atomic E-state index is 0.552. The van der Waals surface area contributed by atoms with Crippen LogP contribution in [-0.4, -0.2) is 13.1 Å². The van der Waals surface area contributed by atoms with Crippen molar-refractivity contribution in [3.8, 4) is 0 Å². The smallest absolute Gasteiger partial charge is 0.0465 e. The van der Waals surface area contributed by atoms with E-state index in [2.05, 4.69) is 41.3 Å². The number of nitrogens with zero attached hydrogens (tertiary/aromatic N) is 1. The molecular formula is C18H18ClN. The molecule has 0 unspecified atom stereocenters. The lowest BCUT2D eigenvalue weighted by atomic mass is 9.75. The van der Waals surface area contributed by atoms with E-state index < -0.39 is 0 Å². The molecule has 0 saturated carbocycles. The quantitative estimate of drug-likeness (QED) is 0.634. The third kappa shape index (κ3) is 1.34. The molecule has 0 amide bonds. The Morgan fingerprint density at radius 1 is 0.950 bits per heavy atom. The maximum atomic E-state index is 6.59. The highest BCUT2D eigenvalue weighted by Gasteiger charge is 2.42. The molecule has 2 heterocycles. The fraction of sp³-hybridized carbons (Fsp3) is 0.444. The number of benzene rings is 1. The van der Waals surface area contributed by atoms with Crippen molar-refractivity contribution in [3.63, 3.8) is 0 Å². The van der Waals surface area contributed by atoms with Crippen LogP contribution in [0.4, 0.5) is 5.69 Å². The van der Waals surface area contributed by atoms with E-state index in [1.807, 2.05) is 0 Å². The highest BCUT2D eigenvalue weighted by atomic mass is 35.5. The Kier molecular flexibility index (Phi) is 2.24. The second-order valence-electron chi connectivity index (χ2n) is 6.70. The second kappa shape index (κ2) is 3.92. The fourth-order valence-corrected chi connectivity index (χ4v) is 5.11. The van der Waals surface area contributed by atoms with Gasteiger partial charge in [-0.05, 0) is 36.3 Å². The molecule has 1 nitrogen and oxygen atoms in total. The molecule has 2 aliphatic carbocycles. The van der Waals surface area contributed by atoms with Gasteiger partial charge in [0.1, 0.15) is 0 Å². The third-order valence-corrected chi connectivity index (χ3v) is 6.02. The third-order valence-electron chi connectivity index (χ3n) is 5.69. The Bertz CT molecular complexity index is 643. The summed E-state index contributed by atoms with van der Waals surface area (Å²) in [5, 5.41) is 0.968. The Labute approximate surface area is 124 Å². The molecule has 2 heteroatoms. The molecule has 0 N–H and O–H groups in total. The van der Waals surface area contributed by atoms with Crippen molar-refractivity contribution in [2.45, 2.75) is 24.7 Å². The zero-order valence-corrected chi connectivity index (χ0v) is 12.2. The predicted molar refractivity (Wildman–Crippen MR) is 83.6 cm³/mol. The molecule has 0 fully saturated rings. The highest BCUT2D eigenvalue weighted by Crippen LogP contribution is 2.54. The van der Waals surface area contributed by atoms with Crippen molar-refractivity contribution >= 4 is 17.3 Å². The van der Waals surface area contributed by atoms with Gasteiger partial charge >= 0.3 is 0 Å². The van der Waals surface area contributed by atoms with Gasteiger partial charge in [0.05, 0.1) is 0 Å². The van der Waals surface area contributed by atoms with E-state index in [0.29, 0.717) is 11.8 Å². The first kappa shape index (κ1) is 11.4. The molecule has 20 heavy (non-hydrogen) atoms. The SMILES string of the molecule is Clc1ccc2c3c1[C@@H]1C=CC[C@@H]1CN3C[C@@H]1CC=C[C@@H]21. The molecule has 1 aromatic carbocycles. The molecule has 2 aliphatic heterocycles. The van der Waals surface area contributed by atoms with E-state index in [-0.39, 0.29) is 0 Å². The molecule has 0 bridgehead atoms. The Balaban J connectivity index is 1.77. The van der Waals surface area contributed by atoms with Crippen molar-refractivity contribution < 1.29 is 0 Å². The maximum absolute atomic E-state index is 6.59. The van der Waals surface area contributed by atoms with Crippen LogP contribution >= 0.6 is 11.6 Å². The van der Waals surface area contributed by atoms with Crippen molar-refractivity contribution in [2.75, 3.05) is 18.0 Å². The summed E-state index contributed by atoms with van der Waals surface area (Å²) in [5.41, 5.74) is 4.40. The van der Waals surface area contributed by atoms with Gasteiger partial charge in [0.2, 0.25) is 0 Å². The molecular weight excluding hydrogens is 266 g/mol. The van der Waals surface area contributed by atoms with Gasteiger partial charge in [0, 0.05) is 41.2 Å². The highest BCUT2D eigenvalue weighted by molar-refractivity contribution is 6.32. The molecule has 0 aromatic heterocycles. The monoisotopic (exact) mass is 283 g/mol. The van der Waals surface area contributed by atoms with E-state index in [9.17, 15) is 0 Å². The molecule has 4 atom stereocenters. The summed E-state index contributed by atoms with van der Waals surface area (Å²) in [5.74, 6) is 2.69. The Morgan fingerprint density at radius 2 is 1.65 bits per heavy atom. The number of allylic oxidation sites excluding steroid dienone is 4. The first-order valence-corrected chi connectivity index (χ1v) is 8.11. The number of fused-ring (bicyclic) bond motifs is 4. The molecule has 102 valence electrons. The first-order valence-electron chi connectivity index (χ1n) is 7.73. The normalized spacial score (nSPS) is 36.0. The van der Waals surface area contributed by atoms with Crippen molar-refractivity contribution in [3.05, 3.63) is 52.6 Å². The summed E-state index contributed by atoms with van der Waals surface area (Å²) in [6.45, 7) is 2.42. The lowest BCUT2D eigenvalue weighted by Gasteiger charge is -2.46. The van der Waals surface area contributed by atoms with Crippen molar-refractivity contribution in [1.82, 2.24) is 0 Å². The Morgan fingerprint density at radius 3 is 2.45 bits per heavy atom. The van der Waals surface area contributed by atoms with Gasteiger partial charge in [-0.15, -0.1) is 0 Å². The predicted octanol–water partition coefficient (Wildman–Crippen LogP) is 4.49. The number of anilines is 1. The average Bonchev–Trinajstić information content (AvgIpc) is 3.08. The largest absolute Gasteiger partial charge is 0.370 e. The standard InChI is InChI=1S/C18H18ClN/c19-16-8-7-15-13-5-1-3-11(13)9-20-10-12-4-2-6-14(12)17(16)18(15)20/h1-2,5-8,11-14H,3-4,9-10H2/t11-,12+,13+,14+/m0/s1. The summed E-state index contributed by atoms with van der Waals surface area (Å²) < 4.78 is 0. The zero-order valence-electron chi connectivity index (χ0n) is 11.4. The van der Waals surface area contributed by atoms with Gasteiger partial charge in [0.15, 0.2) is 0 Å². The van der Waals surface area contributed by atoms with Gasteiger partial charge in [-0.25, -0.2) is 0 Å². The van der Waals surface area contributed by atoms with Gasteiger partial charge in [-0.2, -0.15) is 0 Å². The minimum Gasteiger partial charge on any atom is -0.370 e. The van der Waals surface area contributed by atoms with Crippen LogP contribution in [0, 0.1) is 11.8 Å². The molecule has 0 saturated heterocycles. The van der Waals surface area contributed by atoms with E-state index in [4.69, 9.17) is 11.6 Å². The number of hydrogen-bond acceptors (Lipinski definition) is 1. The number of rotatable bonds is 0. The van der Waals surface area contributed by atoms with Crippen LogP contribution in [0.25, 0.3) is 0 Å². The molecule has 4 aliphatic rings. The van der Waals surface area contributed by atoms with E-state index >= 15 is 0 Å². The van der Waals surface area contributed by atoms with Gasteiger partial charge < -0.3 is 4.90 Å². The fourth-order valence-electron chi connectivity index (χ4n) is 4.84. The van der Waals surface area contributed by atoms with E-state index in [1.165, 1.54) is 42.7 Å². The van der Waals surface area contributed by atoms with Crippen molar-refractivity contribution in [2.24, 2.45) is 11.8 Å². The lowest BCUT2D eigenvalue weighted by molar-refractivity contribution is 0.410. The molecule has 0 radical (unpaired) electrons. The average molecular weight is 284 g/mol. The molecule has 0 spiro atoms. The second-order valence-corrected chi connectivity index (χ2v) is 7.11. The summed E-state index contributed by atoms with van der Waals surface area (Å²) in [7, 11) is 0. The zero-order chi connectivity index (χ0) is 13.3. The minimum atomic E-state index is 0.552. The first-order chi connectivity index (χ1) is 9.83. The van der Waals surface area contributed by atoms with Crippen LogP contribution in [0.2, 0.25) is 5.02 Å². The number of halogens is 1. The van der Waals surface area contributed by atoms with Gasteiger partial charge in [-0.3, -0.25) is 0 Å². The van der Waals surface area contributed by atoms with Gasteiger partial charge in [0.25, 0.3) is 0 Å².